The van der Waals surface area contributed by atoms with Gasteiger partial charge in [-0.1, -0.05) is 12.1 Å². The number of Topliss-reactive ketones (excluding diaryl/α,β-unsaturated/α-hetero) is 1. The molecule has 1 rings (SSSR count). The molecule has 0 heterocycles. The molecule has 3 nitrogen and oxygen atoms in total. The van der Waals surface area contributed by atoms with Gasteiger partial charge in [0.25, 0.3) is 0 Å². The van der Waals surface area contributed by atoms with Crippen LogP contribution in [0, 0.1) is 0 Å². The zero-order chi connectivity index (χ0) is 10.8. The summed E-state index contributed by atoms with van der Waals surface area (Å²) in [4.78, 5) is 11.6. The van der Waals surface area contributed by atoms with Gasteiger partial charge in [0.1, 0.15) is 11.4 Å². The van der Waals surface area contributed by atoms with Crippen molar-refractivity contribution in [2.45, 2.75) is 19.4 Å². The van der Waals surface area contributed by atoms with Crippen LogP contribution < -0.4 is 4.74 Å². The van der Waals surface area contributed by atoms with Crippen LogP contribution in [0.1, 0.15) is 24.2 Å². The lowest BCUT2D eigenvalue weighted by Gasteiger charge is -2.15. The SMILES string of the molecule is COc1cccc(C(=O)C(C)(C)O)c1. The molecule has 1 aromatic carbocycles. The molecule has 0 spiro atoms. The normalized spacial score (nSPS) is 11.1. The fourth-order valence-electron chi connectivity index (χ4n) is 1.12. The van der Waals surface area contributed by atoms with Gasteiger partial charge in [0.2, 0.25) is 0 Å². The predicted octanol–water partition coefficient (Wildman–Crippen LogP) is 1.65. The second-order valence-corrected chi connectivity index (χ2v) is 3.62. The zero-order valence-electron chi connectivity index (χ0n) is 8.57. The summed E-state index contributed by atoms with van der Waals surface area (Å²) in [5, 5.41) is 9.51. The molecule has 0 aliphatic carbocycles. The Morgan fingerprint density at radius 2 is 2.07 bits per heavy atom. The number of rotatable bonds is 3. The van der Waals surface area contributed by atoms with E-state index in [4.69, 9.17) is 4.74 Å². The van der Waals surface area contributed by atoms with Crippen molar-refractivity contribution in [3.8, 4) is 5.75 Å². The van der Waals surface area contributed by atoms with Gasteiger partial charge in [-0.05, 0) is 26.0 Å². The van der Waals surface area contributed by atoms with Crippen LogP contribution in [-0.2, 0) is 0 Å². The van der Waals surface area contributed by atoms with E-state index in [2.05, 4.69) is 0 Å². The van der Waals surface area contributed by atoms with Crippen LogP contribution in [0.2, 0.25) is 0 Å². The largest absolute Gasteiger partial charge is 0.497 e. The standard InChI is InChI=1S/C11H14O3/c1-11(2,13)10(12)8-5-4-6-9(7-8)14-3/h4-7,13H,1-3H3. The number of hydrogen-bond acceptors (Lipinski definition) is 3. The third-order valence-corrected chi connectivity index (χ3v) is 1.89. The van der Waals surface area contributed by atoms with Crippen LogP contribution in [0.5, 0.6) is 5.75 Å². The first-order valence-corrected chi connectivity index (χ1v) is 4.36. The Morgan fingerprint density at radius 1 is 1.43 bits per heavy atom. The van der Waals surface area contributed by atoms with E-state index in [0.29, 0.717) is 11.3 Å². The van der Waals surface area contributed by atoms with Crippen molar-refractivity contribution in [1.82, 2.24) is 0 Å². The maximum Gasteiger partial charge on any atom is 0.193 e. The molecule has 0 bridgehead atoms. The number of ketones is 1. The molecule has 0 unspecified atom stereocenters. The Bertz CT molecular complexity index is 337. The van der Waals surface area contributed by atoms with Crippen LogP contribution in [0.4, 0.5) is 0 Å². The summed E-state index contributed by atoms with van der Waals surface area (Å²) in [7, 11) is 1.54. The molecule has 1 aromatic rings. The van der Waals surface area contributed by atoms with Gasteiger partial charge in [-0.3, -0.25) is 4.79 Å². The molecule has 0 fully saturated rings. The lowest BCUT2D eigenvalue weighted by atomic mass is 9.97. The number of methoxy groups -OCH3 is 1. The van der Waals surface area contributed by atoms with Crippen LogP contribution in [0.3, 0.4) is 0 Å². The topological polar surface area (TPSA) is 46.5 Å². The summed E-state index contributed by atoms with van der Waals surface area (Å²) in [6.45, 7) is 2.93. The quantitative estimate of drug-likeness (QED) is 0.744. The molecule has 0 aliphatic heterocycles. The molecule has 76 valence electrons. The van der Waals surface area contributed by atoms with Crippen LogP contribution in [-0.4, -0.2) is 23.6 Å². The van der Waals surface area contributed by atoms with E-state index in [9.17, 15) is 9.90 Å². The van der Waals surface area contributed by atoms with Gasteiger partial charge < -0.3 is 9.84 Å². The first-order chi connectivity index (χ1) is 6.45. The fourth-order valence-corrected chi connectivity index (χ4v) is 1.12. The first kappa shape index (κ1) is 10.7. The third-order valence-electron chi connectivity index (χ3n) is 1.89. The molecule has 14 heavy (non-hydrogen) atoms. The van der Waals surface area contributed by atoms with E-state index >= 15 is 0 Å². The maximum absolute atomic E-state index is 11.6. The third kappa shape index (κ3) is 2.33. The van der Waals surface area contributed by atoms with Crippen molar-refractivity contribution in [3.05, 3.63) is 29.8 Å². The monoisotopic (exact) mass is 194 g/mol. The van der Waals surface area contributed by atoms with Crippen molar-refractivity contribution in [1.29, 1.82) is 0 Å². The molecule has 0 aromatic heterocycles. The Balaban J connectivity index is 3.02. The minimum atomic E-state index is -1.34. The van der Waals surface area contributed by atoms with Gasteiger partial charge in [-0.25, -0.2) is 0 Å². The van der Waals surface area contributed by atoms with Crippen molar-refractivity contribution in [3.63, 3.8) is 0 Å². The van der Waals surface area contributed by atoms with Gasteiger partial charge in [0.05, 0.1) is 7.11 Å². The molecule has 3 heteroatoms. The summed E-state index contributed by atoms with van der Waals surface area (Å²) >= 11 is 0. The molecule has 0 radical (unpaired) electrons. The molecule has 0 aliphatic rings. The van der Waals surface area contributed by atoms with Gasteiger partial charge >= 0.3 is 0 Å². The molecule has 0 saturated carbocycles. The summed E-state index contributed by atoms with van der Waals surface area (Å²) in [6.07, 6.45) is 0. The van der Waals surface area contributed by atoms with Crippen LogP contribution in [0.25, 0.3) is 0 Å². The highest BCUT2D eigenvalue weighted by Gasteiger charge is 2.25. The lowest BCUT2D eigenvalue weighted by Crippen LogP contribution is -2.31. The van der Waals surface area contributed by atoms with Crippen molar-refractivity contribution >= 4 is 5.78 Å². The lowest BCUT2D eigenvalue weighted by molar-refractivity contribution is 0.0487. The van der Waals surface area contributed by atoms with Crippen molar-refractivity contribution in [2.75, 3.05) is 7.11 Å². The van der Waals surface area contributed by atoms with Gasteiger partial charge in [0.15, 0.2) is 5.78 Å². The summed E-state index contributed by atoms with van der Waals surface area (Å²) < 4.78 is 4.98. The molecular formula is C11H14O3. The predicted molar refractivity (Wildman–Crippen MR) is 53.6 cm³/mol. The fraction of sp³-hybridized carbons (Fsp3) is 0.364. The molecule has 0 atom stereocenters. The van der Waals surface area contributed by atoms with Gasteiger partial charge in [-0.15, -0.1) is 0 Å². The maximum atomic E-state index is 11.6. The number of carbonyl (C=O) groups excluding carboxylic acids is 1. The highest BCUT2D eigenvalue weighted by molar-refractivity contribution is 6.01. The minimum absolute atomic E-state index is 0.309. The van der Waals surface area contributed by atoms with Crippen LogP contribution >= 0.6 is 0 Å². The van der Waals surface area contributed by atoms with Gasteiger partial charge in [-0.2, -0.15) is 0 Å². The van der Waals surface area contributed by atoms with E-state index < -0.39 is 5.60 Å². The highest BCUT2D eigenvalue weighted by atomic mass is 16.5. The second-order valence-electron chi connectivity index (χ2n) is 3.62. The van der Waals surface area contributed by atoms with E-state index in [0.717, 1.165) is 0 Å². The first-order valence-electron chi connectivity index (χ1n) is 4.36. The smallest absolute Gasteiger partial charge is 0.193 e. The number of hydrogen-bond donors (Lipinski definition) is 1. The van der Waals surface area contributed by atoms with E-state index in [1.54, 1.807) is 24.3 Å². The summed E-state index contributed by atoms with van der Waals surface area (Å²) in [5.74, 6) is 0.302. The molecule has 0 saturated heterocycles. The van der Waals surface area contributed by atoms with E-state index in [1.165, 1.54) is 21.0 Å². The Hall–Kier alpha value is -1.35. The Labute approximate surface area is 83.3 Å². The second kappa shape index (κ2) is 3.80. The van der Waals surface area contributed by atoms with E-state index in [-0.39, 0.29) is 5.78 Å². The van der Waals surface area contributed by atoms with Gasteiger partial charge in [0, 0.05) is 5.56 Å². The van der Waals surface area contributed by atoms with Crippen molar-refractivity contribution < 1.29 is 14.6 Å². The molecular weight excluding hydrogens is 180 g/mol. The Kier molecular flexibility index (Phi) is 2.91. The van der Waals surface area contributed by atoms with Crippen LogP contribution in [0.15, 0.2) is 24.3 Å². The highest BCUT2D eigenvalue weighted by Crippen LogP contribution is 2.17. The number of benzene rings is 1. The van der Waals surface area contributed by atoms with Crippen molar-refractivity contribution in [2.24, 2.45) is 0 Å². The number of aliphatic hydroxyl groups is 1. The average molecular weight is 194 g/mol. The number of carbonyl (C=O) groups is 1. The summed E-state index contributed by atoms with van der Waals surface area (Å²) in [5.41, 5.74) is -0.885. The molecule has 0 amide bonds. The molecule has 1 N–H and O–H groups in total. The minimum Gasteiger partial charge on any atom is -0.497 e. The summed E-state index contributed by atoms with van der Waals surface area (Å²) in [6, 6.07) is 6.74. The number of ether oxygens (including phenoxy) is 1. The zero-order valence-corrected chi connectivity index (χ0v) is 8.57. The van der Waals surface area contributed by atoms with E-state index in [1.807, 2.05) is 0 Å². The average Bonchev–Trinajstić information content (AvgIpc) is 2.15. The Morgan fingerprint density at radius 3 is 2.57 bits per heavy atom.